The fraction of sp³-hybridized carbons (Fsp3) is 0.250. The second-order valence-electron chi connectivity index (χ2n) is 7.85. The van der Waals surface area contributed by atoms with Crippen molar-refractivity contribution in [3.05, 3.63) is 77.4 Å². The van der Waals surface area contributed by atoms with Crippen molar-refractivity contribution in [1.29, 1.82) is 0 Å². The number of rotatable bonds is 6. The average Bonchev–Trinajstić information content (AvgIpc) is 3.40. The minimum Gasteiger partial charge on any atom is -0.352 e. The number of nitrogens with zero attached hydrogens (tertiary/aromatic N) is 4. The molecule has 0 atom stereocenters. The third kappa shape index (κ3) is 3.94. The Labute approximate surface area is 176 Å². The summed E-state index contributed by atoms with van der Waals surface area (Å²) >= 11 is 0. The second kappa shape index (κ2) is 8.06. The van der Waals surface area contributed by atoms with E-state index in [4.69, 9.17) is 0 Å². The molecule has 0 unspecified atom stereocenters. The Morgan fingerprint density at radius 2 is 1.90 bits per heavy atom. The molecule has 30 heavy (non-hydrogen) atoms. The van der Waals surface area contributed by atoms with Gasteiger partial charge in [-0.1, -0.05) is 18.2 Å². The highest BCUT2D eigenvalue weighted by Gasteiger charge is 2.15. The molecular weight excluding hydrogens is 374 g/mol. The molecule has 0 saturated carbocycles. The molecule has 0 saturated heterocycles. The molecule has 4 rings (SSSR count). The molecule has 6 nitrogen and oxygen atoms in total. The lowest BCUT2D eigenvalue weighted by Gasteiger charge is -2.10. The van der Waals surface area contributed by atoms with Crippen LogP contribution in [0.5, 0.6) is 0 Å². The Hall–Kier alpha value is -3.54. The largest absolute Gasteiger partial charge is 0.352 e. The lowest BCUT2D eigenvalue weighted by molar-refractivity contribution is 0.0988. The number of ketones is 1. The molecule has 0 fully saturated rings. The van der Waals surface area contributed by atoms with E-state index in [1.165, 1.54) is 11.1 Å². The molecule has 0 aliphatic heterocycles. The van der Waals surface area contributed by atoms with Gasteiger partial charge in [0.2, 0.25) is 0 Å². The van der Waals surface area contributed by atoms with E-state index in [0.29, 0.717) is 22.9 Å². The van der Waals surface area contributed by atoms with Crippen molar-refractivity contribution in [3.63, 3.8) is 0 Å². The molecule has 3 heterocycles. The van der Waals surface area contributed by atoms with Crippen LogP contribution in [-0.4, -0.2) is 30.5 Å². The highest BCUT2D eigenvalue weighted by atomic mass is 16.1. The van der Waals surface area contributed by atoms with Gasteiger partial charge in [0.25, 0.3) is 0 Å². The van der Waals surface area contributed by atoms with Crippen LogP contribution in [0.1, 0.15) is 47.2 Å². The van der Waals surface area contributed by atoms with E-state index in [2.05, 4.69) is 66.1 Å². The number of aromatic nitrogens is 5. The number of Topliss-reactive ketones (excluding diaryl/α,β-unsaturated/α-hetero) is 1. The molecule has 1 N–H and O–H groups in total. The quantitative estimate of drug-likeness (QED) is 0.465. The Bertz CT molecular complexity index is 1200. The van der Waals surface area contributed by atoms with E-state index in [-0.39, 0.29) is 18.2 Å². The van der Waals surface area contributed by atoms with Gasteiger partial charge in [-0.15, -0.1) is 10.2 Å². The average molecular weight is 399 g/mol. The van der Waals surface area contributed by atoms with Gasteiger partial charge >= 0.3 is 0 Å². The van der Waals surface area contributed by atoms with Gasteiger partial charge in [-0.2, -0.15) is 0 Å². The number of hydrogen-bond acceptors (Lipinski definition) is 4. The minimum absolute atomic E-state index is 0.0000556. The van der Waals surface area contributed by atoms with Gasteiger partial charge in [-0.05, 0) is 74.7 Å². The predicted molar refractivity (Wildman–Crippen MR) is 117 cm³/mol. The first-order valence-corrected chi connectivity index (χ1v) is 10.1. The van der Waals surface area contributed by atoms with Gasteiger partial charge < -0.3 is 9.55 Å². The Morgan fingerprint density at radius 1 is 1.07 bits per heavy atom. The number of aryl methyl sites for hydroxylation is 2. The smallest absolute Gasteiger partial charge is 0.184 e. The molecule has 4 aromatic rings. The van der Waals surface area contributed by atoms with Gasteiger partial charge in [0.05, 0.1) is 12.1 Å². The molecule has 0 bridgehead atoms. The normalized spacial score (nSPS) is 11.2. The zero-order valence-corrected chi connectivity index (χ0v) is 17.7. The third-order valence-electron chi connectivity index (χ3n) is 5.31. The molecule has 1 aromatic carbocycles. The molecule has 0 radical (unpaired) electrons. The van der Waals surface area contributed by atoms with Crippen LogP contribution < -0.4 is 0 Å². The standard InChI is InChI=1S/C24H25N5O/c1-15(2)29-14-25-28-24(29)22-7-5-6-19(26-22)13-23(30)21-11-10-20(27-21)18-9-8-16(3)17(4)12-18/h5-12,14-15,27H,13H2,1-4H3. The Balaban J connectivity index is 1.54. The van der Waals surface area contributed by atoms with Gasteiger partial charge in [-0.3, -0.25) is 4.79 Å². The number of carbonyl (C=O) groups excluding carboxylic acids is 1. The lowest BCUT2D eigenvalue weighted by atomic mass is 10.0. The van der Waals surface area contributed by atoms with E-state index < -0.39 is 0 Å². The summed E-state index contributed by atoms with van der Waals surface area (Å²) in [6.07, 6.45) is 1.92. The van der Waals surface area contributed by atoms with E-state index in [0.717, 1.165) is 11.3 Å². The maximum absolute atomic E-state index is 12.8. The number of pyridine rings is 1. The van der Waals surface area contributed by atoms with Crippen LogP contribution in [-0.2, 0) is 6.42 Å². The zero-order valence-electron chi connectivity index (χ0n) is 17.7. The number of aromatic amines is 1. The summed E-state index contributed by atoms with van der Waals surface area (Å²) in [6.45, 7) is 8.32. The van der Waals surface area contributed by atoms with Crippen molar-refractivity contribution >= 4 is 5.78 Å². The lowest BCUT2D eigenvalue weighted by Crippen LogP contribution is -2.07. The molecule has 0 aliphatic rings. The summed E-state index contributed by atoms with van der Waals surface area (Å²) in [5.41, 5.74) is 6.50. The van der Waals surface area contributed by atoms with Crippen LogP contribution in [0.15, 0.2) is 54.9 Å². The number of carbonyl (C=O) groups is 1. The first-order valence-electron chi connectivity index (χ1n) is 10.1. The summed E-state index contributed by atoms with van der Waals surface area (Å²) in [5, 5.41) is 8.20. The van der Waals surface area contributed by atoms with Crippen LogP contribution in [0.3, 0.4) is 0 Å². The van der Waals surface area contributed by atoms with E-state index >= 15 is 0 Å². The minimum atomic E-state index is 0.0000556. The van der Waals surface area contributed by atoms with E-state index in [1.807, 2.05) is 34.9 Å². The number of H-pyrrole nitrogens is 1. The zero-order chi connectivity index (χ0) is 21.3. The molecule has 0 spiro atoms. The van der Waals surface area contributed by atoms with Crippen molar-refractivity contribution in [2.75, 3.05) is 0 Å². The fourth-order valence-corrected chi connectivity index (χ4v) is 3.40. The van der Waals surface area contributed by atoms with Crippen molar-refractivity contribution in [3.8, 4) is 22.8 Å². The molecular formula is C24H25N5O. The van der Waals surface area contributed by atoms with Crippen molar-refractivity contribution < 1.29 is 4.79 Å². The summed E-state index contributed by atoms with van der Waals surface area (Å²) in [5.74, 6) is 0.705. The van der Waals surface area contributed by atoms with Crippen molar-refractivity contribution in [1.82, 2.24) is 24.7 Å². The van der Waals surface area contributed by atoms with Crippen LogP contribution in [0.25, 0.3) is 22.8 Å². The molecule has 3 aromatic heterocycles. The third-order valence-corrected chi connectivity index (χ3v) is 5.31. The van der Waals surface area contributed by atoms with E-state index in [1.54, 1.807) is 6.33 Å². The van der Waals surface area contributed by atoms with Gasteiger partial charge in [0, 0.05) is 17.4 Å². The fourth-order valence-electron chi connectivity index (χ4n) is 3.40. The SMILES string of the molecule is Cc1ccc(-c2ccc(C(=O)Cc3cccc(-c4nncn4C(C)C)n3)[nH]2)cc1C. The molecule has 0 aliphatic carbocycles. The van der Waals surface area contributed by atoms with Gasteiger partial charge in [-0.25, -0.2) is 4.98 Å². The highest BCUT2D eigenvalue weighted by Crippen LogP contribution is 2.23. The number of hydrogen-bond donors (Lipinski definition) is 1. The summed E-state index contributed by atoms with van der Waals surface area (Å²) in [4.78, 5) is 20.8. The van der Waals surface area contributed by atoms with Crippen LogP contribution in [0.2, 0.25) is 0 Å². The molecule has 6 heteroatoms. The Morgan fingerprint density at radius 3 is 2.67 bits per heavy atom. The maximum Gasteiger partial charge on any atom is 0.184 e. The number of nitrogens with one attached hydrogen (secondary N) is 1. The molecule has 0 amide bonds. The Kier molecular flexibility index (Phi) is 5.31. The maximum atomic E-state index is 12.8. The van der Waals surface area contributed by atoms with Crippen LogP contribution in [0, 0.1) is 13.8 Å². The van der Waals surface area contributed by atoms with E-state index in [9.17, 15) is 4.79 Å². The summed E-state index contributed by atoms with van der Waals surface area (Å²) in [6, 6.07) is 16.0. The van der Waals surface area contributed by atoms with Crippen LogP contribution in [0.4, 0.5) is 0 Å². The van der Waals surface area contributed by atoms with Crippen LogP contribution >= 0.6 is 0 Å². The highest BCUT2D eigenvalue weighted by molar-refractivity contribution is 5.96. The van der Waals surface area contributed by atoms with Gasteiger partial charge in [0.15, 0.2) is 11.6 Å². The van der Waals surface area contributed by atoms with Gasteiger partial charge in [0.1, 0.15) is 12.0 Å². The summed E-state index contributed by atoms with van der Waals surface area (Å²) < 4.78 is 1.97. The monoisotopic (exact) mass is 399 g/mol. The van der Waals surface area contributed by atoms with Crippen molar-refractivity contribution in [2.45, 2.75) is 40.2 Å². The molecule has 152 valence electrons. The number of benzene rings is 1. The first kappa shape index (κ1) is 19.8. The predicted octanol–water partition coefficient (Wildman–Crippen LogP) is 4.96. The summed E-state index contributed by atoms with van der Waals surface area (Å²) in [7, 11) is 0. The second-order valence-corrected chi connectivity index (χ2v) is 7.85. The first-order chi connectivity index (χ1) is 14.4. The van der Waals surface area contributed by atoms with Crippen molar-refractivity contribution in [2.24, 2.45) is 0 Å². The topological polar surface area (TPSA) is 76.5 Å².